The molecule has 0 spiro atoms. The normalized spacial score (nSPS) is 14.2. The van der Waals surface area contributed by atoms with Crippen LogP contribution in [0.15, 0.2) is 42.5 Å². The Bertz CT molecular complexity index is 595. The van der Waals surface area contributed by atoms with Crippen molar-refractivity contribution in [3.63, 3.8) is 0 Å². The zero-order chi connectivity index (χ0) is 14.0. The number of rotatable bonds is 3. The van der Waals surface area contributed by atoms with Gasteiger partial charge >= 0.3 is 0 Å². The summed E-state index contributed by atoms with van der Waals surface area (Å²) in [5, 5.41) is 10.8. The van der Waals surface area contributed by atoms with Crippen LogP contribution in [0.3, 0.4) is 0 Å². The lowest BCUT2D eigenvalue weighted by atomic mass is 9.84. The third kappa shape index (κ3) is 2.51. The van der Waals surface area contributed by atoms with Crippen LogP contribution in [0.5, 0.6) is 0 Å². The summed E-state index contributed by atoms with van der Waals surface area (Å²) in [6, 6.07) is 10.4. The van der Waals surface area contributed by atoms with Crippen molar-refractivity contribution in [2.24, 2.45) is 0 Å². The van der Waals surface area contributed by atoms with Crippen LogP contribution in [-0.2, 0) is 5.60 Å². The third-order valence-corrected chi connectivity index (χ3v) is 3.46. The van der Waals surface area contributed by atoms with Gasteiger partial charge in [0.2, 0.25) is 0 Å². The van der Waals surface area contributed by atoms with Gasteiger partial charge in [0.1, 0.15) is 17.2 Å². The highest BCUT2D eigenvalue weighted by molar-refractivity contribution is 5.37. The Kier molecular flexibility index (Phi) is 3.67. The number of benzene rings is 2. The maximum Gasteiger partial charge on any atom is 0.126 e. The maximum absolute atomic E-state index is 13.7. The first-order valence-corrected chi connectivity index (χ1v) is 6.22. The second kappa shape index (κ2) is 5.10. The van der Waals surface area contributed by atoms with Crippen molar-refractivity contribution in [3.8, 4) is 0 Å². The van der Waals surface area contributed by atoms with E-state index < -0.39 is 11.4 Å². The molecule has 0 saturated heterocycles. The molecular formula is C16H16F2O. The van der Waals surface area contributed by atoms with E-state index in [-0.39, 0.29) is 5.82 Å². The molecule has 100 valence electrons. The van der Waals surface area contributed by atoms with Crippen LogP contribution in [0, 0.1) is 18.6 Å². The lowest BCUT2D eigenvalue weighted by Gasteiger charge is -2.28. The Morgan fingerprint density at radius 1 is 1.05 bits per heavy atom. The smallest absolute Gasteiger partial charge is 0.126 e. The zero-order valence-corrected chi connectivity index (χ0v) is 11.0. The minimum Gasteiger partial charge on any atom is -0.380 e. The van der Waals surface area contributed by atoms with Crippen molar-refractivity contribution < 1.29 is 13.9 Å². The van der Waals surface area contributed by atoms with Gasteiger partial charge in [0.25, 0.3) is 0 Å². The van der Waals surface area contributed by atoms with Crippen molar-refractivity contribution in [3.05, 3.63) is 70.8 Å². The summed E-state index contributed by atoms with van der Waals surface area (Å²) < 4.78 is 27.0. The van der Waals surface area contributed by atoms with Crippen molar-refractivity contribution in [1.29, 1.82) is 0 Å². The Morgan fingerprint density at radius 2 is 1.74 bits per heavy atom. The van der Waals surface area contributed by atoms with Gasteiger partial charge in [-0.1, -0.05) is 31.2 Å². The lowest BCUT2D eigenvalue weighted by molar-refractivity contribution is 0.0758. The standard InChI is InChI=1S/C16H16F2O/c1-3-16(19,12-5-4-6-14(17)9-12)13-8-7-11(2)15(18)10-13/h4-10,19H,3H2,1-2H3. The summed E-state index contributed by atoms with van der Waals surface area (Å²) in [5.41, 5.74) is -0.000187. The van der Waals surface area contributed by atoms with Gasteiger partial charge in [-0.25, -0.2) is 8.78 Å². The van der Waals surface area contributed by atoms with Crippen LogP contribution in [0.1, 0.15) is 30.0 Å². The van der Waals surface area contributed by atoms with Gasteiger partial charge in [-0.15, -0.1) is 0 Å². The molecule has 0 aliphatic rings. The maximum atomic E-state index is 13.7. The Morgan fingerprint density at radius 3 is 2.32 bits per heavy atom. The fourth-order valence-electron chi connectivity index (χ4n) is 2.17. The number of aliphatic hydroxyl groups is 1. The number of hydrogen-bond donors (Lipinski definition) is 1. The Hall–Kier alpha value is -1.74. The molecule has 3 heteroatoms. The summed E-state index contributed by atoms with van der Waals surface area (Å²) in [6.45, 7) is 3.44. The molecular weight excluding hydrogens is 246 g/mol. The van der Waals surface area contributed by atoms with Gasteiger partial charge in [0, 0.05) is 0 Å². The fourth-order valence-corrected chi connectivity index (χ4v) is 2.17. The van der Waals surface area contributed by atoms with E-state index in [2.05, 4.69) is 0 Å². The average Bonchev–Trinajstić information content (AvgIpc) is 2.41. The van der Waals surface area contributed by atoms with Crippen LogP contribution >= 0.6 is 0 Å². The largest absolute Gasteiger partial charge is 0.380 e. The molecule has 0 aromatic heterocycles. The molecule has 0 bridgehead atoms. The first-order valence-electron chi connectivity index (χ1n) is 6.22. The highest BCUT2D eigenvalue weighted by Gasteiger charge is 2.30. The van der Waals surface area contributed by atoms with E-state index in [1.807, 2.05) is 0 Å². The fraction of sp³-hybridized carbons (Fsp3) is 0.250. The van der Waals surface area contributed by atoms with Gasteiger partial charge in [-0.3, -0.25) is 0 Å². The summed E-state index contributed by atoms with van der Waals surface area (Å²) in [5.74, 6) is -0.794. The molecule has 2 aromatic carbocycles. The van der Waals surface area contributed by atoms with Crippen molar-refractivity contribution in [1.82, 2.24) is 0 Å². The van der Waals surface area contributed by atoms with E-state index in [9.17, 15) is 13.9 Å². The van der Waals surface area contributed by atoms with Gasteiger partial charge in [0.05, 0.1) is 0 Å². The van der Waals surface area contributed by atoms with E-state index >= 15 is 0 Å². The van der Waals surface area contributed by atoms with Gasteiger partial charge in [-0.2, -0.15) is 0 Å². The molecule has 2 aromatic rings. The first-order chi connectivity index (χ1) is 8.97. The van der Waals surface area contributed by atoms with Crippen LogP contribution in [-0.4, -0.2) is 5.11 Å². The van der Waals surface area contributed by atoms with Gasteiger partial charge in [0.15, 0.2) is 0 Å². The van der Waals surface area contributed by atoms with Crippen molar-refractivity contribution >= 4 is 0 Å². The van der Waals surface area contributed by atoms with E-state index in [0.29, 0.717) is 23.1 Å². The highest BCUT2D eigenvalue weighted by Crippen LogP contribution is 2.33. The van der Waals surface area contributed by atoms with Crippen LogP contribution in [0.4, 0.5) is 8.78 Å². The molecule has 1 N–H and O–H groups in total. The summed E-state index contributed by atoms with van der Waals surface area (Å²) in [6.07, 6.45) is 0.332. The summed E-state index contributed by atoms with van der Waals surface area (Å²) in [7, 11) is 0. The van der Waals surface area contributed by atoms with Crippen LogP contribution in [0.2, 0.25) is 0 Å². The molecule has 1 unspecified atom stereocenters. The molecule has 0 saturated carbocycles. The molecule has 1 atom stereocenters. The predicted octanol–water partition coefficient (Wildman–Crippen LogP) is 3.92. The molecule has 0 amide bonds. The second-order valence-electron chi connectivity index (χ2n) is 4.69. The van der Waals surface area contributed by atoms with Gasteiger partial charge in [-0.05, 0) is 48.2 Å². The summed E-state index contributed by atoms with van der Waals surface area (Å²) >= 11 is 0. The van der Waals surface area contributed by atoms with E-state index in [0.717, 1.165) is 0 Å². The molecule has 0 heterocycles. The van der Waals surface area contributed by atoms with E-state index in [1.165, 1.54) is 24.3 Å². The van der Waals surface area contributed by atoms with Crippen LogP contribution in [0.25, 0.3) is 0 Å². The van der Waals surface area contributed by atoms with Crippen molar-refractivity contribution in [2.75, 3.05) is 0 Å². The predicted molar refractivity (Wildman–Crippen MR) is 70.8 cm³/mol. The molecule has 19 heavy (non-hydrogen) atoms. The van der Waals surface area contributed by atoms with E-state index in [4.69, 9.17) is 0 Å². The first kappa shape index (κ1) is 13.7. The van der Waals surface area contributed by atoms with Crippen LogP contribution < -0.4 is 0 Å². The highest BCUT2D eigenvalue weighted by atomic mass is 19.1. The van der Waals surface area contributed by atoms with Gasteiger partial charge < -0.3 is 5.11 Å². The SMILES string of the molecule is CCC(O)(c1cccc(F)c1)c1ccc(C)c(F)c1. The molecule has 1 nitrogen and oxygen atoms in total. The average molecular weight is 262 g/mol. The Balaban J connectivity index is 2.56. The zero-order valence-electron chi connectivity index (χ0n) is 11.0. The number of halogens is 2. The topological polar surface area (TPSA) is 20.2 Å². The van der Waals surface area contributed by atoms with Crippen molar-refractivity contribution in [2.45, 2.75) is 25.9 Å². The second-order valence-corrected chi connectivity index (χ2v) is 4.69. The lowest BCUT2D eigenvalue weighted by Crippen LogP contribution is -2.26. The molecule has 2 rings (SSSR count). The number of aryl methyl sites for hydroxylation is 1. The quantitative estimate of drug-likeness (QED) is 0.889. The molecule has 0 fully saturated rings. The minimum atomic E-state index is -1.38. The number of hydrogen-bond acceptors (Lipinski definition) is 1. The van der Waals surface area contributed by atoms with E-state index in [1.54, 1.807) is 32.0 Å². The Labute approximate surface area is 111 Å². The molecule has 0 aliphatic carbocycles. The monoisotopic (exact) mass is 262 g/mol. The summed E-state index contributed by atoms with van der Waals surface area (Å²) in [4.78, 5) is 0. The third-order valence-electron chi connectivity index (χ3n) is 3.46. The molecule has 0 radical (unpaired) electrons. The molecule has 0 aliphatic heterocycles. The minimum absolute atomic E-state index is 0.332.